The molecule has 0 radical (unpaired) electrons. The number of allylic oxidation sites excluding steroid dienone is 6. The molecule has 1 amide bonds. The summed E-state index contributed by atoms with van der Waals surface area (Å²) in [4.78, 5) is 72.2. The molecule has 3 aliphatic heterocycles. The van der Waals surface area contributed by atoms with Crippen molar-refractivity contribution in [3.63, 3.8) is 0 Å². The number of hydrogen-bond donors (Lipinski definition) is 2. The van der Waals surface area contributed by atoms with Crippen LogP contribution in [0.2, 0.25) is 0 Å². The average Bonchev–Trinajstić information content (AvgIpc) is 3.32. The lowest BCUT2D eigenvalue weighted by Crippen LogP contribution is -2.61. The van der Waals surface area contributed by atoms with E-state index in [-0.39, 0.29) is 67.3 Å². The molecule has 3 heterocycles. The number of carbonyl (C=O) groups excluding carboxylic acids is 5. The van der Waals surface area contributed by atoms with E-state index in [2.05, 4.69) is 0 Å². The SMILES string of the molecule is CO[C@H]1C[C@@H]2CC[C@@H](C)[C@@](O)(O2)C(=O)C(=O)N2CCCC[C@H]2C(=O)O[C@H]([C@H](C)C[C@@H]2CCC(OC[P+](C)=O)[C@H](OC)C2)CC(=O)[C@H](C)/C=C(\C)[C@@H](O)[C@@H](OC)C(=O)[C@H](C)C[C@H](C)/C=C/C=CC=C1C. The van der Waals surface area contributed by atoms with E-state index in [1.165, 1.54) is 12.0 Å². The van der Waals surface area contributed by atoms with Gasteiger partial charge in [0.2, 0.25) is 12.1 Å². The van der Waals surface area contributed by atoms with Gasteiger partial charge in [-0.25, -0.2) is 4.79 Å². The number of cyclic esters (lactones) is 1. The number of aliphatic hydroxyl groups excluding tert-OH is 1. The number of piperidine rings is 1. The number of fused-ring (bicyclic) bond motifs is 3. The molecule has 2 N–H and O–H groups in total. The van der Waals surface area contributed by atoms with Crippen molar-refractivity contribution in [2.45, 2.75) is 180 Å². The molecule has 0 spiro atoms. The van der Waals surface area contributed by atoms with Gasteiger partial charge in [0, 0.05) is 58.5 Å². The summed E-state index contributed by atoms with van der Waals surface area (Å²) in [5.74, 6) is -8.03. The third kappa shape index (κ3) is 16.1. The Kier molecular flexibility index (Phi) is 23.3. The number of ether oxygens (including phenoxy) is 6. The van der Waals surface area contributed by atoms with E-state index in [9.17, 15) is 38.8 Å². The lowest BCUT2D eigenvalue weighted by atomic mass is 9.78. The van der Waals surface area contributed by atoms with Crippen LogP contribution in [0.25, 0.3) is 0 Å². The van der Waals surface area contributed by atoms with Gasteiger partial charge < -0.3 is 43.5 Å². The van der Waals surface area contributed by atoms with Crippen LogP contribution in [0.3, 0.4) is 0 Å². The molecular weight excluding hydrogens is 906 g/mol. The predicted molar refractivity (Wildman–Crippen MR) is 262 cm³/mol. The fraction of sp³-hybridized carbons (Fsp3) is 0.755. The summed E-state index contributed by atoms with van der Waals surface area (Å²) in [5, 5.41) is 23.5. The fourth-order valence-corrected chi connectivity index (χ4v) is 10.9. The average molecular weight is 989 g/mol. The Bertz CT molecular complexity index is 1900. The second-order valence-corrected chi connectivity index (χ2v) is 22.0. The minimum atomic E-state index is -2.44. The van der Waals surface area contributed by atoms with E-state index < -0.39 is 85.6 Å². The standard InChI is InChI=1S/C53H83NO14P/c1-32-17-13-12-14-18-33(2)44(63-8)29-40-22-20-38(7)53(61,68-40)50(58)51(59)54-24-16-15-19-41(54)52(60)67-45(35(4)27-39-21-23-43(46(28-39)64-9)66-31-69(11)62)30-42(55)34(3)26-37(6)48(57)49(65-10)47(56)36(5)25-32/h12-14,17-18,26,32,34-36,38-41,43-46,48-49,57,61H,15-16,19-25,27-31H2,1-11H3/q+1/b14-12?,17-13+,33-18?,37-26+/t32-,34-,35-,36-,38-,39+,40+,41+,43?,44+,45+,46-,48-,49+,53-/m1/s1. The largest absolute Gasteiger partial charge is 0.460 e. The van der Waals surface area contributed by atoms with E-state index >= 15 is 0 Å². The maximum absolute atomic E-state index is 14.5. The molecule has 0 aromatic rings. The first-order valence-corrected chi connectivity index (χ1v) is 27.0. The van der Waals surface area contributed by atoms with E-state index in [1.807, 2.05) is 58.1 Å². The molecule has 16 heteroatoms. The Morgan fingerprint density at radius 3 is 2.26 bits per heavy atom. The van der Waals surface area contributed by atoms with E-state index in [0.29, 0.717) is 63.4 Å². The highest BCUT2D eigenvalue weighted by Gasteiger charge is 2.53. The summed E-state index contributed by atoms with van der Waals surface area (Å²) in [6.07, 6.45) is 11.9. The Labute approximate surface area is 411 Å². The molecule has 1 saturated carbocycles. The molecule has 3 fully saturated rings. The molecule has 0 aromatic heterocycles. The zero-order valence-electron chi connectivity index (χ0n) is 43.1. The highest BCUT2D eigenvalue weighted by molar-refractivity contribution is 7.43. The van der Waals surface area contributed by atoms with Crippen LogP contribution < -0.4 is 0 Å². The third-order valence-electron chi connectivity index (χ3n) is 14.9. The van der Waals surface area contributed by atoms with Crippen molar-refractivity contribution in [3.8, 4) is 0 Å². The molecule has 15 nitrogen and oxygen atoms in total. The molecule has 388 valence electrons. The van der Waals surface area contributed by atoms with Gasteiger partial charge in [-0.15, -0.1) is 0 Å². The molecule has 16 atom stereocenters. The number of Topliss-reactive ketones (excluding diaryl/α,β-unsaturated/α-hetero) is 3. The Balaban J connectivity index is 1.70. The van der Waals surface area contributed by atoms with E-state index in [4.69, 9.17) is 28.4 Å². The lowest BCUT2D eigenvalue weighted by molar-refractivity contribution is -0.265. The van der Waals surface area contributed by atoms with Crippen molar-refractivity contribution in [1.82, 2.24) is 4.90 Å². The highest BCUT2D eigenvalue weighted by Crippen LogP contribution is 2.38. The quantitative estimate of drug-likeness (QED) is 0.0989. The van der Waals surface area contributed by atoms with E-state index in [0.717, 1.165) is 12.0 Å². The monoisotopic (exact) mass is 989 g/mol. The molecule has 69 heavy (non-hydrogen) atoms. The summed E-state index contributed by atoms with van der Waals surface area (Å²) < 4.78 is 47.5. The number of methoxy groups -OCH3 is 3. The maximum Gasteiger partial charge on any atom is 0.363 e. The molecule has 2 saturated heterocycles. The van der Waals surface area contributed by atoms with Crippen LogP contribution in [0.1, 0.15) is 126 Å². The minimum Gasteiger partial charge on any atom is -0.460 e. The number of esters is 1. The number of rotatable bonds is 9. The van der Waals surface area contributed by atoms with Crippen LogP contribution in [0.5, 0.6) is 0 Å². The fourth-order valence-electron chi connectivity index (χ4n) is 10.5. The predicted octanol–water partition coefficient (Wildman–Crippen LogP) is 7.62. The minimum absolute atomic E-state index is 0.0133. The number of hydrogen-bond acceptors (Lipinski definition) is 14. The van der Waals surface area contributed by atoms with Crippen molar-refractivity contribution >= 4 is 37.0 Å². The van der Waals surface area contributed by atoms with Crippen LogP contribution in [0, 0.1) is 35.5 Å². The van der Waals surface area contributed by atoms with Gasteiger partial charge in [-0.3, -0.25) is 19.2 Å². The molecular formula is C53H83NO14P+. The molecule has 4 aliphatic rings. The Morgan fingerprint density at radius 2 is 1.59 bits per heavy atom. The lowest BCUT2D eigenvalue weighted by Gasteiger charge is -2.42. The smallest absolute Gasteiger partial charge is 0.363 e. The van der Waals surface area contributed by atoms with Crippen LogP contribution >= 0.6 is 7.80 Å². The van der Waals surface area contributed by atoms with Gasteiger partial charge in [-0.2, -0.15) is 0 Å². The van der Waals surface area contributed by atoms with Gasteiger partial charge in [-0.05, 0) is 107 Å². The third-order valence-corrected chi connectivity index (χ3v) is 15.4. The molecule has 4 rings (SSSR count). The zero-order valence-corrected chi connectivity index (χ0v) is 44.0. The summed E-state index contributed by atoms with van der Waals surface area (Å²) in [5.41, 5.74) is 1.26. The van der Waals surface area contributed by atoms with Gasteiger partial charge in [0.15, 0.2) is 5.78 Å². The zero-order chi connectivity index (χ0) is 51.2. The van der Waals surface area contributed by atoms with Crippen LogP contribution in [-0.4, -0.2) is 140 Å². The highest BCUT2D eigenvalue weighted by atomic mass is 31.1. The summed E-state index contributed by atoms with van der Waals surface area (Å²) >= 11 is 0. The first kappa shape index (κ1) is 58.3. The first-order chi connectivity index (χ1) is 32.6. The van der Waals surface area contributed by atoms with Crippen molar-refractivity contribution < 1.29 is 67.2 Å². The second-order valence-electron chi connectivity index (χ2n) is 20.5. The molecule has 2 bridgehead atoms. The second kappa shape index (κ2) is 27.5. The molecule has 0 aromatic carbocycles. The number of carbonyl (C=O) groups is 5. The number of ketones is 3. The van der Waals surface area contributed by atoms with Gasteiger partial charge >= 0.3 is 13.8 Å². The van der Waals surface area contributed by atoms with E-state index in [1.54, 1.807) is 47.7 Å². The van der Waals surface area contributed by atoms with Crippen molar-refractivity contribution in [2.24, 2.45) is 35.5 Å². The Morgan fingerprint density at radius 1 is 0.870 bits per heavy atom. The molecule has 1 aliphatic carbocycles. The van der Waals surface area contributed by atoms with Crippen molar-refractivity contribution in [2.75, 3.05) is 40.9 Å². The number of amides is 1. The number of aliphatic hydroxyl groups is 2. The summed E-state index contributed by atoms with van der Waals surface area (Å²) in [6.45, 7) is 14.4. The summed E-state index contributed by atoms with van der Waals surface area (Å²) in [7, 11) is 3.09. The van der Waals surface area contributed by atoms with Gasteiger partial charge in [-0.1, -0.05) is 75.6 Å². The van der Waals surface area contributed by atoms with Crippen LogP contribution in [0.15, 0.2) is 47.6 Å². The van der Waals surface area contributed by atoms with Gasteiger partial charge in [0.05, 0.1) is 24.4 Å². The van der Waals surface area contributed by atoms with Gasteiger partial charge in [0.25, 0.3) is 11.7 Å². The summed E-state index contributed by atoms with van der Waals surface area (Å²) in [6, 6.07) is -1.15. The van der Waals surface area contributed by atoms with Gasteiger partial charge in [0.1, 0.15) is 36.8 Å². The van der Waals surface area contributed by atoms with Crippen molar-refractivity contribution in [3.05, 3.63) is 47.6 Å². The molecule has 2 unspecified atom stereocenters. The van der Waals surface area contributed by atoms with Crippen LogP contribution in [0.4, 0.5) is 0 Å². The van der Waals surface area contributed by atoms with Crippen molar-refractivity contribution in [1.29, 1.82) is 0 Å². The number of nitrogens with zero attached hydrogens (tertiary/aromatic N) is 1. The topological polar surface area (TPSA) is 201 Å². The first-order valence-electron chi connectivity index (χ1n) is 25.1. The maximum atomic E-state index is 14.5. The normalized spacial score (nSPS) is 37.8. The van der Waals surface area contributed by atoms with Crippen LogP contribution in [-0.2, 0) is 57.0 Å². The Hall–Kier alpha value is -3.27.